The summed E-state index contributed by atoms with van der Waals surface area (Å²) in [4.78, 5) is 0. The summed E-state index contributed by atoms with van der Waals surface area (Å²) in [5.41, 5.74) is 7.65. The molecular formula is C13H13ClN2. The van der Waals surface area contributed by atoms with Gasteiger partial charge in [0.15, 0.2) is 0 Å². The number of hydrogen-bond acceptors (Lipinski definition) is 2. The molecule has 0 bridgehead atoms. The van der Waals surface area contributed by atoms with E-state index in [0.29, 0.717) is 5.56 Å². The van der Waals surface area contributed by atoms with Crippen LogP contribution < -0.4 is 5.73 Å². The summed E-state index contributed by atoms with van der Waals surface area (Å²) in [5.74, 6) is 0. The Morgan fingerprint density at radius 3 is 2.62 bits per heavy atom. The lowest BCUT2D eigenvalue weighted by Crippen LogP contribution is -2.05. The molecule has 0 radical (unpaired) electrons. The first-order valence-corrected chi connectivity index (χ1v) is 4.91. The maximum Gasteiger partial charge on any atom is 0.0991 e. The molecule has 1 atom stereocenters. The Morgan fingerprint density at radius 2 is 2.00 bits per heavy atom. The van der Waals surface area contributed by atoms with E-state index in [2.05, 4.69) is 6.07 Å². The molecule has 0 aromatic heterocycles. The second-order valence-corrected chi connectivity index (χ2v) is 3.68. The Morgan fingerprint density at radius 1 is 1.25 bits per heavy atom. The van der Waals surface area contributed by atoms with Crippen LogP contribution in [0.25, 0.3) is 10.8 Å². The highest BCUT2D eigenvalue weighted by atomic mass is 35.5. The van der Waals surface area contributed by atoms with Gasteiger partial charge in [0.2, 0.25) is 0 Å². The molecule has 0 aliphatic carbocycles. The molecule has 0 heterocycles. The quantitative estimate of drug-likeness (QED) is 0.821. The van der Waals surface area contributed by atoms with Gasteiger partial charge in [-0.3, -0.25) is 0 Å². The minimum Gasteiger partial charge on any atom is -0.324 e. The van der Waals surface area contributed by atoms with E-state index >= 15 is 0 Å². The van der Waals surface area contributed by atoms with Crippen LogP contribution in [0.1, 0.15) is 24.1 Å². The minimum absolute atomic E-state index is 0. The molecule has 0 unspecified atom stereocenters. The molecule has 3 heteroatoms. The van der Waals surface area contributed by atoms with Gasteiger partial charge in [0.25, 0.3) is 0 Å². The maximum atomic E-state index is 8.85. The van der Waals surface area contributed by atoms with Crippen LogP contribution in [0.4, 0.5) is 0 Å². The average molecular weight is 233 g/mol. The highest BCUT2D eigenvalue weighted by Gasteiger charge is 2.05. The zero-order valence-corrected chi connectivity index (χ0v) is 9.79. The van der Waals surface area contributed by atoms with E-state index in [4.69, 9.17) is 11.0 Å². The standard InChI is InChI=1S/C13H12N2.ClH/c1-9(15)12-4-2-3-11-6-5-10(8-14)7-13(11)12;/h2-7,9H,15H2,1H3;1H/t9-;/m1./s1. The van der Waals surface area contributed by atoms with E-state index in [-0.39, 0.29) is 18.4 Å². The molecule has 2 rings (SSSR count). The smallest absolute Gasteiger partial charge is 0.0991 e. The van der Waals surface area contributed by atoms with Crippen LogP contribution in [0.5, 0.6) is 0 Å². The third-order valence-corrected chi connectivity index (χ3v) is 2.54. The molecule has 2 aromatic carbocycles. The summed E-state index contributed by atoms with van der Waals surface area (Å²) in [6.45, 7) is 1.95. The first-order chi connectivity index (χ1) is 7.22. The lowest BCUT2D eigenvalue weighted by Gasteiger charge is -2.09. The molecule has 0 fully saturated rings. The number of rotatable bonds is 1. The van der Waals surface area contributed by atoms with Crippen molar-refractivity contribution in [3.8, 4) is 6.07 Å². The van der Waals surface area contributed by atoms with Gasteiger partial charge in [0, 0.05) is 6.04 Å². The molecular weight excluding hydrogens is 220 g/mol. The van der Waals surface area contributed by atoms with Gasteiger partial charge in [-0.2, -0.15) is 5.26 Å². The predicted octanol–water partition coefficient (Wildman–Crippen LogP) is 3.15. The second-order valence-electron chi connectivity index (χ2n) is 3.68. The van der Waals surface area contributed by atoms with E-state index in [0.717, 1.165) is 16.3 Å². The third-order valence-electron chi connectivity index (χ3n) is 2.54. The molecule has 0 aliphatic rings. The Hall–Kier alpha value is -1.56. The largest absolute Gasteiger partial charge is 0.324 e. The topological polar surface area (TPSA) is 49.8 Å². The first-order valence-electron chi connectivity index (χ1n) is 4.91. The molecule has 82 valence electrons. The number of nitriles is 1. The summed E-state index contributed by atoms with van der Waals surface area (Å²) in [5, 5.41) is 11.0. The van der Waals surface area contributed by atoms with Crippen molar-refractivity contribution in [3.05, 3.63) is 47.5 Å². The number of nitrogens with zero attached hydrogens (tertiary/aromatic N) is 1. The zero-order chi connectivity index (χ0) is 10.8. The van der Waals surface area contributed by atoms with Crippen molar-refractivity contribution in [2.24, 2.45) is 5.73 Å². The first kappa shape index (κ1) is 12.5. The normalized spacial score (nSPS) is 11.6. The number of nitrogens with two attached hydrogens (primary N) is 1. The molecule has 2 N–H and O–H groups in total. The van der Waals surface area contributed by atoms with Crippen LogP contribution in [-0.4, -0.2) is 0 Å². The van der Waals surface area contributed by atoms with Crippen molar-refractivity contribution in [1.82, 2.24) is 0 Å². The Kier molecular flexibility index (Phi) is 3.89. The SMILES string of the molecule is C[C@@H](N)c1cccc2ccc(C#N)cc12.Cl. The van der Waals surface area contributed by atoms with Gasteiger partial charge in [-0.15, -0.1) is 12.4 Å². The van der Waals surface area contributed by atoms with Crippen LogP contribution in [0, 0.1) is 11.3 Å². The van der Waals surface area contributed by atoms with E-state index in [1.807, 2.05) is 43.3 Å². The molecule has 2 nitrogen and oxygen atoms in total. The average Bonchev–Trinajstić information content (AvgIpc) is 2.27. The van der Waals surface area contributed by atoms with Gasteiger partial charge in [0.05, 0.1) is 11.6 Å². The van der Waals surface area contributed by atoms with Crippen molar-refractivity contribution in [2.75, 3.05) is 0 Å². The molecule has 0 spiro atoms. The Labute approximate surface area is 101 Å². The fraction of sp³-hybridized carbons (Fsp3) is 0.154. The van der Waals surface area contributed by atoms with Crippen LogP contribution in [0.15, 0.2) is 36.4 Å². The highest BCUT2D eigenvalue weighted by molar-refractivity contribution is 5.87. The molecule has 0 saturated carbocycles. The summed E-state index contributed by atoms with van der Waals surface area (Å²) in [7, 11) is 0. The van der Waals surface area contributed by atoms with E-state index in [1.165, 1.54) is 0 Å². The van der Waals surface area contributed by atoms with Crippen LogP contribution in [0.2, 0.25) is 0 Å². The number of fused-ring (bicyclic) bond motifs is 1. The summed E-state index contributed by atoms with van der Waals surface area (Å²) < 4.78 is 0. The fourth-order valence-corrected chi connectivity index (χ4v) is 1.76. The highest BCUT2D eigenvalue weighted by Crippen LogP contribution is 2.23. The molecule has 16 heavy (non-hydrogen) atoms. The Bertz CT molecular complexity index is 541. The second kappa shape index (κ2) is 4.98. The molecule has 0 amide bonds. The zero-order valence-electron chi connectivity index (χ0n) is 8.97. The van der Waals surface area contributed by atoms with Gasteiger partial charge in [-0.1, -0.05) is 24.3 Å². The maximum absolute atomic E-state index is 8.85. The van der Waals surface area contributed by atoms with Crippen molar-refractivity contribution in [3.63, 3.8) is 0 Å². The molecule has 2 aromatic rings. The fourth-order valence-electron chi connectivity index (χ4n) is 1.76. The number of benzene rings is 2. The van der Waals surface area contributed by atoms with Gasteiger partial charge in [-0.05, 0) is 35.4 Å². The van der Waals surface area contributed by atoms with Crippen molar-refractivity contribution in [2.45, 2.75) is 13.0 Å². The molecule has 0 saturated heterocycles. The minimum atomic E-state index is -0.0114. The van der Waals surface area contributed by atoms with Gasteiger partial charge >= 0.3 is 0 Å². The Balaban J connectivity index is 0.00000128. The van der Waals surface area contributed by atoms with Crippen LogP contribution in [-0.2, 0) is 0 Å². The monoisotopic (exact) mass is 232 g/mol. The van der Waals surface area contributed by atoms with Gasteiger partial charge < -0.3 is 5.73 Å². The lowest BCUT2D eigenvalue weighted by atomic mass is 9.98. The summed E-state index contributed by atoms with van der Waals surface area (Å²) in [6, 6.07) is 13.8. The number of halogens is 1. The van der Waals surface area contributed by atoms with Crippen molar-refractivity contribution >= 4 is 23.2 Å². The van der Waals surface area contributed by atoms with Crippen molar-refractivity contribution < 1.29 is 0 Å². The third kappa shape index (κ3) is 2.16. The van der Waals surface area contributed by atoms with E-state index in [1.54, 1.807) is 0 Å². The number of hydrogen-bond donors (Lipinski definition) is 1. The predicted molar refractivity (Wildman–Crippen MR) is 68.5 cm³/mol. The summed E-state index contributed by atoms with van der Waals surface area (Å²) >= 11 is 0. The van der Waals surface area contributed by atoms with Crippen LogP contribution >= 0.6 is 12.4 Å². The van der Waals surface area contributed by atoms with E-state index in [9.17, 15) is 0 Å². The van der Waals surface area contributed by atoms with Gasteiger partial charge in [0.1, 0.15) is 0 Å². The molecule has 0 aliphatic heterocycles. The lowest BCUT2D eigenvalue weighted by molar-refractivity contribution is 0.827. The van der Waals surface area contributed by atoms with Crippen LogP contribution in [0.3, 0.4) is 0 Å². The van der Waals surface area contributed by atoms with Gasteiger partial charge in [-0.25, -0.2) is 0 Å². The van der Waals surface area contributed by atoms with E-state index < -0.39 is 0 Å². The van der Waals surface area contributed by atoms with Crippen molar-refractivity contribution in [1.29, 1.82) is 5.26 Å². The summed E-state index contributed by atoms with van der Waals surface area (Å²) in [6.07, 6.45) is 0.